The lowest BCUT2D eigenvalue weighted by molar-refractivity contribution is -0.757. The number of carbonyl (C=O) groups is 2. The molecule has 3 unspecified atom stereocenters. The molecule has 1 heterocycles. The second-order valence-electron chi connectivity index (χ2n) is 11.8. The summed E-state index contributed by atoms with van der Waals surface area (Å²) in [5, 5.41) is 44.6. The predicted octanol–water partition coefficient (Wildman–Crippen LogP) is 0.256. The largest absolute Gasteiger partial charge is 0.525 e. The van der Waals surface area contributed by atoms with Gasteiger partial charge in [-0.15, -0.1) is 11.3 Å². The van der Waals surface area contributed by atoms with Crippen LogP contribution >= 0.6 is 11.3 Å². The molecule has 0 bridgehead atoms. The molecular weight excluding hydrogens is 505 g/mol. The van der Waals surface area contributed by atoms with Crippen molar-refractivity contribution < 1.29 is 29.4 Å². The molecule has 1 aromatic carbocycles. The van der Waals surface area contributed by atoms with Crippen molar-refractivity contribution in [1.29, 1.82) is 0 Å². The number of amides is 2. The molecule has 0 saturated carbocycles. The van der Waals surface area contributed by atoms with Gasteiger partial charge in [-0.05, 0) is 34.9 Å². The maximum atomic E-state index is 13.6. The maximum absolute atomic E-state index is 13.6. The van der Waals surface area contributed by atoms with E-state index in [1.54, 1.807) is 11.4 Å². The number of oxime groups is 1. The van der Waals surface area contributed by atoms with Crippen molar-refractivity contribution in [3.8, 4) is 0 Å². The zero-order valence-corrected chi connectivity index (χ0v) is 23.7. The van der Waals surface area contributed by atoms with Crippen LogP contribution in [0.1, 0.15) is 42.3 Å². The van der Waals surface area contributed by atoms with E-state index in [0.717, 1.165) is 5.56 Å². The molecule has 1 aliphatic carbocycles. The van der Waals surface area contributed by atoms with Crippen molar-refractivity contribution in [3.63, 3.8) is 0 Å². The molecule has 0 radical (unpaired) electrons. The molecule has 6 N–H and O–H groups in total. The lowest BCUT2D eigenvalue weighted by Crippen LogP contribution is -2.59. The lowest BCUT2D eigenvalue weighted by atomic mass is 9.85. The minimum atomic E-state index is -1.20. The Balaban J connectivity index is 1.80. The normalized spacial score (nSPS) is 20.7. The Morgan fingerprint density at radius 2 is 1.79 bits per heavy atom. The number of aliphatic hydroxyl groups excluding tert-OH is 2. The van der Waals surface area contributed by atoms with Gasteiger partial charge in [0.1, 0.15) is 17.9 Å². The summed E-state index contributed by atoms with van der Waals surface area (Å²) >= 11 is 1.32. The van der Waals surface area contributed by atoms with Crippen molar-refractivity contribution in [2.45, 2.75) is 57.0 Å². The Labute approximate surface area is 228 Å². The molecular formula is C26H40BN5O5S. The third kappa shape index (κ3) is 7.87. The van der Waals surface area contributed by atoms with E-state index in [2.05, 4.69) is 21.1 Å². The van der Waals surface area contributed by atoms with E-state index in [4.69, 9.17) is 0 Å². The Morgan fingerprint density at radius 3 is 2.39 bits per heavy atom. The number of quaternary nitrogens is 1. The molecule has 12 heteroatoms. The van der Waals surface area contributed by atoms with E-state index >= 15 is 0 Å². The molecule has 0 saturated heterocycles. The number of benzene rings is 1. The van der Waals surface area contributed by atoms with Crippen LogP contribution in [0.5, 0.6) is 0 Å². The van der Waals surface area contributed by atoms with Gasteiger partial charge in [0.2, 0.25) is 19.2 Å². The number of nitrogens with one attached hydrogen (secondary N) is 3. The van der Waals surface area contributed by atoms with Gasteiger partial charge in [0, 0.05) is 33.7 Å². The summed E-state index contributed by atoms with van der Waals surface area (Å²) in [5.41, 5.74) is 1.64. The summed E-state index contributed by atoms with van der Waals surface area (Å²) in [7, 11) is 5.15. The number of hydrogen-bond donors (Lipinski definition) is 6. The molecule has 10 nitrogen and oxygen atoms in total. The molecule has 2 aromatic rings. The third-order valence-electron chi connectivity index (χ3n) is 6.67. The smallest absolute Gasteiger partial charge is 0.243 e. The van der Waals surface area contributed by atoms with Gasteiger partial charge in [-0.3, -0.25) is 9.59 Å². The Kier molecular flexibility index (Phi) is 10.1. The van der Waals surface area contributed by atoms with E-state index in [9.17, 15) is 25.0 Å². The summed E-state index contributed by atoms with van der Waals surface area (Å²) in [4.78, 5) is 27.7. The standard InChI is InChI=1S/C26H40BN5O5S/c1-15(2)13-18(29-26(36)27-32(3,4)5)24(34)28-19(14-16-9-7-6-8-10-16)25(35)30-20-17-11-12-38-23(17)21(31-37)22(20)33/h6-12,15,18-20,22,26,29,33,36-37H,13-14,27H2,1-5H3,(H,28,34)(H,30,35)/b31-21+/t18?,19?,20-,22-,26?/m0/s1. The van der Waals surface area contributed by atoms with Gasteiger partial charge in [-0.25, -0.2) is 0 Å². The van der Waals surface area contributed by atoms with Crippen LogP contribution < -0.4 is 16.0 Å². The number of fused-ring (bicyclic) bond motifs is 1. The lowest BCUT2D eigenvalue weighted by Gasteiger charge is -2.37. The second kappa shape index (κ2) is 12.9. The van der Waals surface area contributed by atoms with Crippen LogP contribution in [0.15, 0.2) is 46.9 Å². The van der Waals surface area contributed by atoms with Crippen molar-refractivity contribution in [2.75, 3.05) is 21.1 Å². The second-order valence-corrected chi connectivity index (χ2v) is 12.8. The molecule has 0 aliphatic heterocycles. The summed E-state index contributed by atoms with van der Waals surface area (Å²) in [6.07, 6.45) is -1.26. The zero-order chi connectivity index (χ0) is 28.0. The molecule has 38 heavy (non-hydrogen) atoms. The average molecular weight is 546 g/mol. The Bertz CT molecular complexity index is 1120. The Morgan fingerprint density at radius 1 is 1.11 bits per heavy atom. The number of thiophene rings is 1. The molecule has 1 aliphatic rings. The van der Waals surface area contributed by atoms with Gasteiger partial charge in [-0.2, -0.15) is 0 Å². The number of rotatable bonds is 12. The summed E-state index contributed by atoms with van der Waals surface area (Å²) in [6.45, 7) is 4.00. The summed E-state index contributed by atoms with van der Waals surface area (Å²) < 4.78 is 0.636. The molecule has 208 valence electrons. The van der Waals surface area contributed by atoms with E-state index in [1.165, 1.54) is 11.3 Å². The van der Waals surface area contributed by atoms with Crippen LogP contribution in [0.2, 0.25) is 0 Å². The molecule has 3 rings (SSSR count). The van der Waals surface area contributed by atoms with E-state index in [0.29, 0.717) is 21.3 Å². The fraction of sp³-hybridized carbons (Fsp3) is 0.500. The van der Waals surface area contributed by atoms with Crippen molar-refractivity contribution in [2.24, 2.45) is 11.1 Å². The highest BCUT2D eigenvalue weighted by molar-refractivity contribution is 7.12. The van der Waals surface area contributed by atoms with Crippen LogP contribution in [0.3, 0.4) is 0 Å². The molecule has 2 amide bonds. The van der Waals surface area contributed by atoms with Crippen LogP contribution in [0.25, 0.3) is 0 Å². The minimum Gasteiger partial charge on any atom is -0.525 e. The van der Waals surface area contributed by atoms with Gasteiger partial charge >= 0.3 is 0 Å². The van der Waals surface area contributed by atoms with Crippen LogP contribution in [-0.2, 0) is 16.0 Å². The fourth-order valence-electron chi connectivity index (χ4n) is 4.90. The first-order valence-electron chi connectivity index (χ1n) is 13.1. The van der Waals surface area contributed by atoms with Crippen LogP contribution in [0.4, 0.5) is 0 Å². The fourth-order valence-corrected chi connectivity index (χ4v) is 5.87. The molecule has 0 spiro atoms. The number of aliphatic hydroxyl groups is 2. The first-order valence-corrected chi connectivity index (χ1v) is 13.9. The van der Waals surface area contributed by atoms with E-state index < -0.39 is 43.7 Å². The predicted molar refractivity (Wildman–Crippen MR) is 151 cm³/mol. The topological polar surface area (TPSA) is 143 Å². The number of hydrogen-bond acceptors (Lipinski definition) is 8. The third-order valence-corrected chi connectivity index (χ3v) is 7.62. The maximum Gasteiger partial charge on any atom is 0.243 e. The number of carbonyl (C=O) groups excluding carboxylic acids is 2. The average Bonchev–Trinajstić information content (AvgIpc) is 3.38. The highest BCUT2D eigenvalue weighted by Crippen LogP contribution is 2.35. The summed E-state index contributed by atoms with van der Waals surface area (Å²) in [5.74, 6) is -0.660. The van der Waals surface area contributed by atoms with Gasteiger partial charge in [0.05, 0.1) is 17.0 Å². The SMILES string of the molecule is CC(C)CC(NC(O)[BH2-][N+](C)(C)C)C(=O)NC(Cc1ccccc1)C(=O)N[C@H]1c2ccsc2/C(=N/O)[C@H]1O. The first-order chi connectivity index (χ1) is 17.9. The van der Waals surface area contributed by atoms with Crippen LogP contribution in [-0.4, -0.2) is 90.2 Å². The van der Waals surface area contributed by atoms with Gasteiger partial charge in [0.15, 0.2) is 0 Å². The van der Waals surface area contributed by atoms with E-state index in [-0.39, 0.29) is 24.0 Å². The summed E-state index contributed by atoms with van der Waals surface area (Å²) in [6, 6.07) is 8.73. The highest BCUT2D eigenvalue weighted by atomic mass is 32.1. The molecule has 5 atom stereocenters. The van der Waals surface area contributed by atoms with Gasteiger partial charge < -0.3 is 35.8 Å². The van der Waals surface area contributed by atoms with Crippen molar-refractivity contribution in [1.82, 2.24) is 16.0 Å². The van der Waals surface area contributed by atoms with Crippen molar-refractivity contribution >= 4 is 36.3 Å². The molecule has 1 aromatic heterocycles. The minimum absolute atomic E-state index is 0.111. The zero-order valence-electron chi connectivity index (χ0n) is 22.9. The van der Waals surface area contributed by atoms with E-state index in [1.807, 2.05) is 65.3 Å². The quantitative estimate of drug-likeness (QED) is 0.0978. The number of nitrogens with zero attached hydrogens (tertiary/aromatic N) is 2. The van der Waals surface area contributed by atoms with Crippen LogP contribution in [0, 0.1) is 5.92 Å². The van der Waals surface area contributed by atoms with Gasteiger partial charge in [-0.1, -0.05) is 49.3 Å². The first kappa shape index (κ1) is 29.8. The van der Waals surface area contributed by atoms with Crippen molar-refractivity contribution in [3.05, 3.63) is 57.8 Å². The van der Waals surface area contributed by atoms with Gasteiger partial charge in [0.25, 0.3) is 0 Å². The monoisotopic (exact) mass is 545 g/mol. The highest BCUT2D eigenvalue weighted by Gasteiger charge is 2.40. The molecule has 0 fully saturated rings. The Hall–Kier alpha value is -2.77.